The average molecular weight is 541 g/mol. The Kier molecular flexibility index (Phi) is 8.79. The summed E-state index contributed by atoms with van der Waals surface area (Å²) in [5.41, 5.74) is 8.20. The third kappa shape index (κ3) is 6.22. The van der Waals surface area contributed by atoms with E-state index >= 15 is 4.39 Å². The summed E-state index contributed by atoms with van der Waals surface area (Å²) >= 11 is 6.31. The van der Waals surface area contributed by atoms with Crippen molar-refractivity contribution in [1.29, 1.82) is 0 Å². The number of nitrogens with two attached hydrogens (primary N) is 1. The van der Waals surface area contributed by atoms with Crippen molar-refractivity contribution in [3.63, 3.8) is 0 Å². The summed E-state index contributed by atoms with van der Waals surface area (Å²) in [6.45, 7) is 2.89. The Morgan fingerprint density at radius 3 is 2.58 bits per heavy atom. The number of aromatic nitrogens is 3. The van der Waals surface area contributed by atoms with Crippen molar-refractivity contribution >= 4 is 29.1 Å². The van der Waals surface area contributed by atoms with Crippen LogP contribution >= 0.6 is 11.6 Å². The van der Waals surface area contributed by atoms with Gasteiger partial charge in [-0.05, 0) is 70.1 Å². The van der Waals surface area contributed by atoms with Crippen LogP contribution in [0, 0.1) is 18.7 Å². The number of likely N-dealkylation sites (N-methyl/N-ethyl adjacent to an activating group) is 1. The fourth-order valence-electron chi connectivity index (χ4n) is 5.18. The Labute approximate surface area is 227 Å². The average Bonchev–Trinajstić information content (AvgIpc) is 3.28. The van der Waals surface area contributed by atoms with Gasteiger partial charge < -0.3 is 16.0 Å². The summed E-state index contributed by atoms with van der Waals surface area (Å²) in [7, 11) is 3.86. The van der Waals surface area contributed by atoms with Crippen molar-refractivity contribution < 1.29 is 14.0 Å². The van der Waals surface area contributed by atoms with Crippen molar-refractivity contribution in [2.45, 2.75) is 51.5 Å². The van der Waals surface area contributed by atoms with E-state index in [-0.39, 0.29) is 17.5 Å². The first-order chi connectivity index (χ1) is 18.2. The zero-order valence-electron chi connectivity index (χ0n) is 22.0. The third-order valence-corrected chi connectivity index (χ3v) is 7.44. The van der Waals surface area contributed by atoms with Crippen molar-refractivity contribution in [2.24, 2.45) is 11.7 Å². The lowest BCUT2D eigenvalue weighted by Crippen LogP contribution is -2.29. The Bertz CT molecular complexity index is 1300. The first kappa shape index (κ1) is 27.7. The lowest BCUT2D eigenvalue weighted by Gasteiger charge is -2.28. The number of nitrogens with one attached hydrogen (secondary N) is 1. The molecule has 1 aliphatic rings. The molecule has 0 saturated heterocycles. The molecule has 3 N–H and O–H groups in total. The van der Waals surface area contributed by atoms with Gasteiger partial charge in [0.15, 0.2) is 0 Å². The fraction of sp³-hybridized carbons (Fsp3) is 0.429. The molecule has 1 aromatic carbocycles. The molecule has 1 fully saturated rings. The summed E-state index contributed by atoms with van der Waals surface area (Å²) in [5, 5.41) is 7.96. The maximum Gasteiger partial charge on any atom is 0.266 e. The Morgan fingerprint density at radius 1 is 1.21 bits per heavy atom. The molecule has 2 aromatic heterocycles. The molecule has 202 valence electrons. The number of amides is 2. The SMILES string of the molecule is Cc1nccc(Cl)c1-c1ccc(NC(=O)[C@H](c2cc(C(N)=O)n(CCN(C)C)n2)C2CCCCC2)cc1F. The highest BCUT2D eigenvalue weighted by Crippen LogP contribution is 2.38. The number of carbonyl (C=O) groups is 2. The van der Waals surface area contributed by atoms with E-state index in [4.69, 9.17) is 17.3 Å². The van der Waals surface area contributed by atoms with Gasteiger partial charge in [0.2, 0.25) is 5.91 Å². The van der Waals surface area contributed by atoms with Gasteiger partial charge in [-0.2, -0.15) is 5.10 Å². The highest BCUT2D eigenvalue weighted by molar-refractivity contribution is 6.33. The standard InChI is InChI=1S/C28H34ClFN6O2/c1-17-25(21(29)11-12-32-17)20-10-9-19(15-22(20)30)33-28(38)26(18-7-5-4-6-8-18)23-16-24(27(31)37)36(34-23)14-13-35(2)3/h9-12,15-16,18,26H,4-8,13-14H2,1-3H3,(H2,31,37)(H,33,38)/t26-/m0/s1. The van der Waals surface area contributed by atoms with Crippen LogP contribution in [0.5, 0.6) is 0 Å². The highest BCUT2D eigenvalue weighted by Gasteiger charge is 2.34. The zero-order chi connectivity index (χ0) is 27.4. The Morgan fingerprint density at radius 2 is 1.95 bits per heavy atom. The quantitative estimate of drug-likeness (QED) is 0.397. The number of benzene rings is 1. The van der Waals surface area contributed by atoms with Crippen molar-refractivity contribution in [2.75, 3.05) is 26.0 Å². The van der Waals surface area contributed by atoms with Crippen LogP contribution in [0.2, 0.25) is 5.02 Å². The highest BCUT2D eigenvalue weighted by atomic mass is 35.5. The smallest absolute Gasteiger partial charge is 0.266 e. The van der Waals surface area contributed by atoms with E-state index < -0.39 is 17.6 Å². The van der Waals surface area contributed by atoms with E-state index in [0.29, 0.717) is 46.3 Å². The number of hydrogen-bond donors (Lipinski definition) is 2. The summed E-state index contributed by atoms with van der Waals surface area (Å²) in [5.74, 6) is -1.92. The predicted octanol–water partition coefficient (Wildman–Crippen LogP) is 5.01. The maximum absolute atomic E-state index is 15.2. The lowest BCUT2D eigenvalue weighted by atomic mass is 9.78. The molecule has 8 nitrogen and oxygen atoms in total. The van der Waals surface area contributed by atoms with Gasteiger partial charge in [-0.25, -0.2) is 4.39 Å². The van der Waals surface area contributed by atoms with E-state index in [1.54, 1.807) is 42.1 Å². The number of carbonyl (C=O) groups excluding carboxylic acids is 2. The number of hydrogen-bond acceptors (Lipinski definition) is 5. The number of nitrogens with zero attached hydrogens (tertiary/aromatic N) is 4. The number of aryl methyl sites for hydroxylation is 1. The number of pyridine rings is 1. The van der Waals surface area contributed by atoms with Crippen LogP contribution in [-0.4, -0.2) is 52.1 Å². The second-order valence-electron chi connectivity index (χ2n) is 10.2. The van der Waals surface area contributed by atoms with Gasteiger partial charge in [-0.15, -0.1) is 0 Å². The minimum atomic E-state index is -0.591. The van der Waals surface area contributed by atoms with Crippen LogP contribution in [0.25, 0.3) is 11.1 Å². The molecule has 0 radical (unpaired) electrons. The molecular formula is C28H34ClFN6O2. The summed E-state index contributed by atoms with van der Waals surface area (Å²) in [6.07, 6.45) is 6.49. The van der Waals surface area contributed by atoms with E-state index in [1.165, 1.54) is 6.07 Å². The van der Waals surface area contributed by atoms with Crippen molar-refractivity contribution in [3.8, 4) is 11.1 Å². The molecule has 1 atom stereocenters. The van der Waals surface area contributed by atoms with E-state index in [2.05, 4.69) is 15.4 Å². The topological polar surface area (TPSA) is 106 Å². The largest absolute Gasteiger partial charge is 0.364 e. The first-order valence-electron chi connectivity index (χ1n) is 12.9. The number of rotatable bonds is 9. The van der Waals surface area contributed by atoms with Crippen LogP contribution in [0.4, 0.5) is 10.1 Å². The van der Waals surface area contributed by atoms with Crippen LogP contribution in [-0.2, 0) is 11.3 Å². The Balaban J connectivity index is 1.64. The zero-order valence-corrected chi connectivity index (χ0v) is 22.8. The molecule has 2 heterocycles. The van der Waals surface area contributed by atoms with Crippen LogP contribution in [0.3, 0.4) is 0 Å². The molecule has 0 unspecified atom stereocenters. The summed E-state index contributed by atoms with van der Waals surface area (Å²) < 4.78 is 16.8. The van der Waals surface area contributed by atoms with Crippen LogP contribution in [0.15, 0.2) is 36.5 Å². The Hall–Kier alpha value is -3.30. The van der Waals surface area contributed by atoms with Gasteiger partial charge in [0.25, 0.3) is 5.91 Å². The minimum absolute atomic E-state index is 0.0580. The van der Waals surface area contributed by atoms with Gasteiger partial charge >= 0.3 is 0 Å². The minimum Gasteiger partial charge on any atom is -0.364 e. The molecule has 38 heavy (non-hydrogen) atoms. The normalized spacial score (nSPS) is 15.0. The number of primary amides is 1. The van der Waals surface area contributed by atoms with Crippen molar-refractivity contribution in [3.05, 3.63) is 64.5 Å². The molecular weight excluding hydrogens is 507 g/mol. The second-order valence-corrected chi connectivity index (χ2v) is 10.6. The first-order valence-corrected chi connectivity index (χ1v) is 13.3. The van der Waals surface area contributed by atoms with Gasteiger partial charge in [-0.1, -0.05) is 30.9 Å². The monoisotopic (exact) mass is 540 g/mol. The van der Waals surface area contributed by atoms with E-state index in [1.807, 2.05) is 19.0 Å². The van der Waals surface area contributed by atoms with E-state index in [9.17, 15) is 9.59 Å². The molecule has 1 saturated carbocycles. The van der Waals surface area contributed by atoms with Gasteiger partial charge in [0.05, 0.1) is 23.2 Å². The molecule has 2 amide bonds. The van der Waals surface area contributed by atoms with Crippen molar-refractivity contribution in [1.82, 2.24) is 19.7 Å². The third-order valence-electron chi connectivity index (χ3n) is 7.13. The van der Waals surface area contributed by atoms with Crippen LogP contribution in [0.1, 0.15) is 59.9 Å². The molecule has 4 rings (SSSR count). The van der Waals surface area contributed by atoms with Gasteiger partial charge in [0, 0.05) is 35.2 Å². The van der Waals surface area contributed by atoms with E-state index in [0.717, 1.165) is 32.1 Å². The molecule has 1 aliphatic carbocycles. The molecule has 0 aliphatic heterocycles. The molecule has 10 heteroatoms. The number of halogens is 2. The van der Waals surface area contributed by atoms with Gasteiger partial charge in [0.1, 0.15) is 11.5 Å². The molecule has 0 spiro atoms. The maximum atomic E-state index is 15.2. The fourth-order valence-corrected chi connectivity index (χ4v) is 5.48. The van der Waals surface area contributed by atoms with Crippen LogP contribution < -0.4 is 11.1 Å². The summed E-state index contributed by atoms with van der Waals surface area (Å²) in [4.78, 5) is 32.1. The summed E-state index contributed by atoms with van der Waals surface area (Å²) in [6, 6.07) is 7.79. The molecule has 3 aromatic rings. The second kappa shape index (κ2) is 12.0. The van der Waals surface area contributed by atoms with Gasteiger partial charge in [-0.3, -0.25) is 19.3 Å². The number of anilines is 1. The predicted molar refractivity (Wildman–Crippen MR) is 147 cm³/mol. The lowest BCUT2D eigenvalue weighted by molar-refractivity contribution is -0.119. The molecule has 0 bridgehead atoms.